The zero-order chi connectivity index (χ0) is 19.9. The van der Waals surface area contributed by atoms with E-state index in [-0.39, 0.29) is 41.2 Å². The third-order valence-corrected chi connectivity index (χ3v) is 9.88. The van der Waals surface area contributed by atoms with Gasteiger partial charge in [-0.15, -0.1) is 0 Å². The molecule has 158 valence electrons. The predicted molar refractivity (Wildman–Crippen MR) is 100 cm³/mol. The van der Waals surface area contributed by atoms with Crippen LogP contribution in [0.15, 0.2) is 0 Å². The van der Waals surface area contributed by atoms with Crippen LogP contribution in [0, 0.1) is 28.6 Å². The molecule has 5 fully saturated rings. The molecule has 1 saturated heterocycles. The van der Waals surface area contributed by atoms with E-state index in [1.165, 1.54) is 0 Å². The highest BCUT2D eigenvalue weighted by atomic mass is 16.7. The highest BCUT2D eigenvalue weighted by Crippen LogP contribution is 2.75. The van der Waals surface area contributed by atoms with Gasteiger partial charge in [0.25, 0.3) is 0 Å². The molecule has 6 nitrogen and oxygen atoms in total. The average molecular weight is 395 g/mol. The lowest BCUT2D eigenvalue weighted by atomic mass is 9.42. The van der Waals surface area contributed by atoms with E-state index in [1.54, 1.807) is 7.11 Å². The van der Waals surface area contributed by atoms with E-state index in [0.717, 1.165) is 38.5 Å². The summed E-state index contributed by atoms with van der Waals surface area (Å²) < 4.78 is 12.7. The second kappa shape index (κ2) is 6.01. The first-order valence-electron chi connectivity index (χ1n) is 11.0. The zero-order valence-electron chi connectivity index (χ0n) is 17.0. The molecule has 1 spiro atoms. The van der Waals surface area contributed by atoms with E-state index in [9.17, 15) is 20.1 Å². The number of rotatable bonds is 3. The molecule has 4 saturated carbocycles. The van der Waals surface area contributed by atoms with Crippen LogP contribution >= 0.6 is 0 Å². The Morgan fingerprint density at radius 1 is 1.11 bits per heavy atom. The van der Waals surface area contributed by atoms with Gasteiger partial charge in [-0.25, -0.2) is 0 Å². The molecular weight excluding hydrogens is 360 g/mol. The van der Waals surface area contributed by atoms with Crippen molar-refractivity contribution in [1.29, 1.82) is 0 Å². The molecule has 0 aromatic heterocycles. The first-order valence-corrected chi connectivity index (χ1v) is 11.0. The normalized spacial score (nSPS) is 57.4. The van der Waals surface area contributed by atoms with Crippen molar-refractivity contribution < 1.29 is 29.6 Å². The summed E-state index contributed by atoms with van der Waals surface area (Å²) >= 11 is 0. The third kappa shape index (κ3) is 2.04. The Labute approximate surface area is 166 Å². The minimum atomic E-state index is -0.956. The van der Waals surface area contributed by atoms with Crippen LogP contribution < -0.4 is 0 Å². The summed E-state index contributed by atoms with van der Waals surface area (Å²) in [4.78, 5) is 12.5. The van der Waals surface area contributed by atoms with E-state index in [1.807, 2.05) is 0 Å². The molecule has 5 aliphatic rings. The summed E-state index contributed by atoms with van der Waals surface area (Å²) in [5.74, 6) is 0.293. The molecular formula is C22H34O6. The summed E-state index contributed by atoms with van der Waals surface area (Å²) in [6.45, 7) is 1.84. The highest BCUT2D eigenvalue weighted by Gasteiger charge is 2.79. The SMILES string of the molecule is CO[C@@H]1O[C@@]23CC[C@@]4(O)C[C@@H](O)CC[C@@]14[C@H]2CC[C@]1(C)[C@@H](C(=O)CO)CC[C@H]13. The smallest absolute Gasteiger partial charge is 0.166 e. The van der Waals surface area contributed by atoms with Gasteiger partial charge in [-0.1, -0.05) is 6.92 Å². The summed E-state index contributed by atoms with van der Waals surface area (Å²) in [7, 11) is 1.67. The number of Topliss-reactive ketones (excluding diaryl/α,β-unsaturated/α-hetero) is 1. The van der Waals surface area contributed by atoms with Crippen LogP contribution in [0.3, 0.4) is 0 Å². The van der Waals surface area contributed by atoms with Crippen molar-refractivity contribution in [1.82, 2.24) is 0 Å². The second-order valence-electron chi connectivity index (χ2n) is 10.5. The van der Waals surface area contributed by atoms with Crippen LogP contribution in [0.2, 0.25) is 0 Å². The number of fused-ring (bicyclic) bond motifs is 1. The van der Waals surface area contributed by atoms with Crippen LogP contribution in [0.1, 0.15) is 64.7 Å². The first-order chi connectivity index (χ1) is 13.3. The molecule has 28 heavy (non-hydrogen) atoms. The van der Waals surface area contributed by atoms with Crippen LogP contribution in [-0.4, -0.2) is 58.4 Å². The molecule has 0 unspecified atom stereocenters. The van der Waals surface area contributed by atoms with Gasteiger partial charge in [-0.05, 0) is 62.7 Å². The highest BCUT2D eigenvalue weighted by molar-refractivity contribution is 5.83. The molecule has 0 aromatic carbocycles. The third-order valence-electron chi connectivity index (χ3n) is 9.88. The van der Waals surface area contributed by atoms with Gasteiger partial charge in [0, 0.05) is 25.4 Å². The average Bonchev–Trinajstić information content (AvgIpc) is 3.13. The maximum absolute atomic E-state index is 12.5. The molecule has 5 rings (SSSR count). The Kier molecular flexibility index (Phi) is 4.17. The summed E-state index contributed by atoms with van der Waals surface area (Å²) in [5, 5.41) is 31.5. The molecule has 0 aromatic rings. The molecule has 6 heteroatoms. The van der Waals surface area contributed by atoms with Gasteiger partial charge in [0.05, 0.1) is 22.7 Å². The van der Waals surface area contributed by atoms with E-state index in [4.69, 9.17) is 9.47 Å². The first kappa shape index (κ1) is 19.4. The minimum absolute atomic E-state index is 0.0380. The molecule has 4 aliphatic carbocycles. The minimum Gasteiger partial charge on any atom is -0.393 e. The van der Waals surface area contributed by atoms with Crippen molar-refractivity contribution in [3.8, 4) is 0 Å². The molecule has 2 bridgehead atoms. The maximum Gasteiger partial charge on any atom is 0.166 e. The molecule has 0 amide bonds. The number of hydrogen-bond acceptors (Lipinski definition) is 6. The van der Waals surface area contributed by atoms with Crippen molar-refractivity contribution in [3.63, 3.8) is 0 Å². The molecule has 1 heterocycles. The summed E-state index contributed by atoms with van der Waals surface area (Å²) in [5.41, 5.74) is -1.96. The van der Waals surface area contributed by atoms with Gasteiger partial charge in [-0.3, -0.25) is 4.79 Å². The monoisotopic (exact) mass is 394 g/mol. The van der Waals surface area contributed by atoms with Gasteiger partial charge in [-0.2, -0.15) is 0 Å². The van der Waals surface area contributed by atoms with Crippen molar-refractivity contribution in [2.45, 2.75) is 88.3 Å². The number of aliphatic hydroxyl groups excluding tert-OH is 2. The fourth-order valence-corrected chi connectivity index (χ4v) is 8.85. The number of carbonyl (C=O) groups is 1. The Morgan fingerprint density at radius 2 is 1.89 bits per heavy atom. The fourth-order valence-electron chi connectivity index (χ4n) is 8.85. The number of ketones is 1. The van der Waals surface area contributed by atoms with Gasteiger partial charge in [0.2, 0.25) is 0 Å². The van der Waals surface area contributed by atoms with Crippen LogP contribution in [-0.2, 0) is 14.3 Å². The maximum atomic E-state index is 12.5. The van der Waals surface area contributed by atoms with E-state index in [2.05, 4.69) is 6.92 Å². The van der Waals surface area contributed by atoms with Crippen LogP contribution in [0.5, 0.6) is 0 Å². The summed E-state index contributed by atoms with van der Waals surface area (Å²) in [6, 6.07) is 0. The van der Waals surface area contributed by atoms with Gasteiger partial charge in [0.1, 0.15) is 6.61 Å². The predicted octanol–water partition coefficient (Wildman–Crippen LogP) is 1.79. The lowest BCUT2D eigenvalue weighted by molar-refractivity contribution is -0.239. The van der Waals surface area contributed by atoms with Gasteiger partial charge >= 0.3 is 0 Å². The summed E-state index contributed by atoms with van der Waals surface area (Å²) in [6.07, 6.45) is 5.79. The van der Waals surface area contributed by atoms with Crippen molar-refractivity contribution >= 4 is 5.78 Å². The largest absolute Gasteiger partial charge is 0.393 e. The Balaban J connectivity index is 1.59. The van der Waals surface area contributed by atoms with Crippen molar-refractivity contribution in [3.05, 3.63) is 0 Å². The van der Waals surface area contributed by atoms with Gasteiger partial charge in [0.15, 0.2) is 12.1 Å². The number of aliphatic hydroxyl groups is 3. The zero-order valence-corrected chi connectivity index (χ0v) is 17.0. The van der Waals surface area contributed by atoms with Crippen LogP contribution in [0.25, 0.3) is 0 Å². The molecule has 0 radical (unpaired) electrons. The molecule has 3 N–H and O–H groups in total. The number of hydrogen-bond donors (Lipinski definition) is 3. The van der Waals surface area contributed by atoms with E-state index >= 15 is 0 Å². The fraction of sp³-hybridized carbons (Fsp3) is 0.955. The van der Waals surface area contributed by atoms with Crippen molar-refractivity contribution in [2.75, 3.05) is 13.7 Å². The Morgan fingerprint density at radius 3 is 2.61 bits per heavy atom. The number of methoxy groups -OCH3 is 1. The molecule has 9 atom stereocenters. The second-order valence-corrected chi connectivity index (χ2v) is 10.5. The topological polar surface area (TPSA) is 96.2 Å². The quantitative estimate of drug-likeness (QED) is 0.675. The number of carbonyl (C=O) groups excluding carboxylic acids is 1. The Hall–Kier alpha value is -0.530. The lowest BCUT2D eigenvalue weighted by Crippen LogP contribution is -2.67. The van der Waals surface area contributed by atoms with Gasteiger partial charge < -0.3 is 24.8 Å². The standard InChI is InChI=1S/C22H34O6/c1-19-7-6-17-21-8-5-13(24)11-20(21,26)9-10-22(17,28-18(21)27-2)16(19)4-3-14(19)15(25)12-23/h13-14,16-18,23-24,26H,3-12H2,1-2H3/t13-,14+,16+,17+,18+,19+,20+,21+,22+/m0/s1. The van der Waals surface area contributed by atoms with E-state index in [0.29, 0.717) is 19.3 Å². The molecule has 1 aliphatic heterocycles. The lowest BCUT2D eigenvalue weighted by Gasteiger charge is -2.63. The Bertz CT molecular complexity index is 682. The number of ether oxygens (including phenoxy) is 2. The van der Waals surface area contributed by atoms with Crippen LogP contribution in [0.4, 0.5) is 0 Å². The van der Waals surface area contributed by atoms with Crippen molar-refractivity contribution in [2.24, 2.45) is 28.6 Å². The van der Waals surface area contributed by atoms with E-state index < -0.39 is 23.4 Å².